The Morgan fingerprint density at radius 2 is 2.04 bits per heavy atom. The van der Waals surface area contributed by atoms with Crippen molar-refractivity contribution in [3.63, 3.8) is 0 Å². The number of ketones is 1. The predicted molar refractivity (Wildman–Crippen MR) is 102 cm³/mol. The van der Waals surface area contributed by atoms with Gasteiger partial charge in [-0.05, 0) is 45.2 Å². The molecule has 0 aromatic heterocycles. The van der Waals surface area contributed by atoms with Gasteiger partial charge in [-0.25, -0.2) is 0 Å². The Morgan fingerprint density at radius 3 is 2.74 bits per heavy atom. The van der Waals surface area contributed by atoms with E-state index in [4.69, 9.17) is 4.74 Å². The number of benzene rings is 1. The van der Waals surface area contributed by atoms with E-state index < -0.39 is 0 Å². The molecule has 6 heteroatoms. The third-order valence-electron chi connectivity index (χ3n) is 5.13. The molecule has 0 bridgehead atoms. The molecule has 0 N–H and O–H groups in total. The van der Waals surface area contributed by atoms with Crippen LogP contribution in [0.3, 0.4) is 0 Å². The number of rotatable bonds is 6. The number of likely N-dealkylation sites (tertiary alicyclic amines) is 2. The molecule has 6 nitrogen and oxygen atoms in total. The maximum Gasteiger partial charge on any atom is 0.242 e. The van der Waals surface area contributed by atoms with Gasteiger partial charge in [-0.2, -0.15) is 0 Å². The lowest BCUT2D eigenvalue weighted by atomic mass is 9.90. The van der Waals surface area contributed by atoms with Crippen LogP contribution >= 0.6 is 0 Å². The van der Waals surface area contributed by atoms with Crippen LogP contribution in [-0.4, -0.2) is 59.7 Å². The monoisotopic (exact) mass is 372 g/mol. The van der Waals surface area contributed by atoms with Crippen LogP contribution in [-0.2, 0) is 9.59 Å². The van der Waals surface area contributed by atoms with Gasteiger partial charge in [-0.3, -0.25) is 14.4 Å². The molecule has 0 saturated carbocycles. The summed E-state index contributed by atoms with van der Waals surface area (Å²) in [6.45, 7) is 5.77. The van der Waals surface area contributed by atoms with E-state index in [2.05, 4.69) is 0 Å². The highest BCUT2D eigenvalue weighted by atomic mass is 16.5. The first kappa shape index (κ1) is 19.4. The van der Waals surface area contributed by atoms with Crippen molar-refractivity contribution in [2.75, 3.05) is 26.2 Å². The van der Waals surface area contributed by atoms with Crippen LogP contribution in [0.1, 0.15) is 49.9 Å². The Hall–Kier alpha value is -2.37. The summed E-state index contributed by atoms with van der Waals surface area (Å²) in [7, 11) is 0. The van der Waals surface area contributed by atoms with E-state index in [0.29, 0.717) is 37.4 Å². The fourth-order valence-corrected chi connectivity index (χ4v) is 3.78. The normalized spacial score (nSPS) is 20.3. The quantitative estimate of drug-likeness (QED) is 0.720. The van der Waals surface area contributed by atoms with Crippen molar-refractivity contribution in [3.8, 4) is 5.75 Å². The van der Waals surface area contributed by atoms with Gasteiger partial charge in [0, 0.05) is 37.5 Å². The zero-order valence-electron chi connectivity index (χ0n) is 16.1. The third-order valence-corrected chi connectivity index (χ3v) is 5.13. The van der Waals surface area contributed by atoms with Crippen LogP contribution in [0.25, 0.3) is 0 Å². The summed E-state index contributed by atoms with van der Waals surface area (Å²) in [6, 6.07) is 7.27. The summed E-state index contributed by atoms with van der Waals surface area (Å²) in [5, 5.41) is 0. The second-order valence-electron chi connectivity index (χ2n) is 7.66. The summed E-state index contributed by atoms with van der Waals surface area (Å²) in [6.07, 6.45) is 2.98. The largest absolute Gasteiger partial charge is 0.491 e. The van der Waals surface area contributed by atoms with E-state index in [1.807, 2.05) is 26.0 Å². The molecule has 1 unspecified atom stereocenters. The highest BCUT2D eigenvalue weighted by Crippen LogP contribution is 2.24. The van der Waals surface area contributed by atoms with E-state index in [1.54, 1.807) is 21.9 Å². The smallest absolute Gasteiger partial charge is 0.242 e. The topological polar surface area (TPSA) is 66.9 Å². The van der Waals surface area contributed by atoms with Gasteiger partial charge >= 0.3 is 0 Å². The molecular formula is C21H28N2O4. The van der Waals surface area contributed by atoms with Crippen LogP contribution in [0.2, 0.25) is 0 Å². The molecule has 2 aliphatic rings. The number of ether oxygens (including phenoxy) is 1. The van der Waals surface area contributed by atoms with Gasteiger partial charge in [-0.1, -0.05) is 12.1 Å². The molecule has 1 aromatic carbocycles. The van der Waals surface area contributed by atoms with Crippen molar-refractivity contribution in [3.05, 3.63) is 29.8 Å². The van der Waals surface area contributed by atoms with Gasteiger partial charge in [0.2, 0.25) is 11.8 Å². The summed E-state index contributed by atoms with van der Waals surface area (Å²) in [5.41, 5.74) is 0.627. The Kier molecular flexibility index (Phi) is 6.14. The van der Waals surface area contributed by atoms with Crippen molar-refractivity contribution in [2.24, 2.45) is 5.92 Å². The SMILES string of the molecule is CC(C)Oc1cccc(C(=O)C2CCCN(C(=O)CN3CCCC3=O)C2)c1. The molecule has 146 valence electrons. The van der Waals surface area contributed by atoms with Crippen LogP contribution in [0.15, 0.2) is 24.3 Å². The van der Waals surface area contributed by atoms with E-state index in [1.165, 1.54) is 0 Å². The Bertz CT molecular complexity index is 716. The predicted octanol–water partition coefficient (Wildman–Crippen LogP) is 2.52. The number of amides is 2. The fourth-order valence-electron chi connectivity index (χ4n) is 3.78. The molecular weight excluding hydrogens is 344 g/mol. The van der Waals surface area contributed by atoms with Crippen molar-refractivity contribution in [1.29, 1.82) is 0 Å². The second-order valence-corrected chi connectivity index (χ2v) is 7.66. The molecule has 1 atom stereocenters. The average Bonchev–Trinajstić information content (AvgIpc) is 3.05. The van der Waals surface area contributed by atoms with Crippen molar-refractivity contribution in [1.82, 2.24) is 9.80 Å². The van der Waals surface area contributed by atoms with Gasteiger partial charge in [0.25, 0.3) is 0 Å². The number of piperidine rings is 1. The summed E-state index contributed by atoms with van der Waals surface area (Å²) in [4.78, 5) is 40.6. The van der Waals surface area contributed by atoms with Gasteiger partial charge < -0.3 is 14.5 Å². The Balaban J connectivity index is 1.62. The zero-order valence-corrected chi connectivity index (χ0v) is 16.1. The van der Waals surface area contributed by atoms with Crippen LogP contribution in [0.4, 0.5) is 0 Å². The van der Waals surface area contributed by atoms with E-state index in [9.17, 15) is 14.4 Å². The van der Waals surface area contributed by atoms with Crippen LogP contribution < -0.4 is 4.74 Å². The first-order valence-corrected chi connectivity index (χ1v) is 9.80. The molecule has 2 amide bonds. The van der Waals surface area contributed by atoms with E-state index >= 15 is 0 Å². The number of hydrogen-bond donors (Lipinski definition) is 0. The lowest BCUT2D eigenvalue weighted by molar-refractivity contribution is -0.139. The number of carbonyl (C=O) groups is 3. The average molecular weight is 372 g/mol. The van der Waals surface area contributed by atoms with Gasteiger partial charge in [0.05, 0.1) is 12.6 Å². The first-order chi connectivity index (χ1) is 12.9. The molecule has 0 spiro atoms. The number of Topliss-reactive ketones (excluding diaryl/α,β-unsaturated/α-hetero) is 1. The zero-order chi connectivity index (χ0) is 19.4. The minimum atomic E-state index is -0.203. The van der Waals surface area contributed by atoms with Crippen molar-refractivity contribution in [2.45, 2.75) is 45.6 Å². The molecule has 2 saturated heterocycles. The van der Waals surface area contributed by atoms with Crippen LogP contribution in [0.5, 0.6) is 5.75 Å². The van der Waals surface area contributed by atoms with Crippen LogP contribution in [0, 0.1) is 5.92 Å². The number of nitrogens with zero attached hydrogens (tertiary/aromatic N) is 2. The molecule has 2 aliphatic heterocycles. The lowest BCUT2D eigenvalue weighted by Crippen LogP contribution is -2.46. The number of carbonyl (C=O) groups excluding carboxylic acids is 3. The highest BCUT2D eigenvalue weighted by molar-refractivity contribution is 5.98. The maximum atomic E-state index is 12.9. The van der Waals surface area contributed by atoms with E-state index in [0.717, 1.165) is 19.3 Å². The fraction of sp³-hybridized carbons (Fsp3) is 0.571. The molecule has 0 aliphatic carbocycles. The molecule has 0 radical (unpaired) electrons. The summed E-state index contributed by atoms with van der Waals surface area (Å²) >= 11 is 0. The lowest BCUT2D eigenvalue weighted by Gasteiger charge is -2.33. The molecule has 2 fully saturated rings. The third kappa shape index (κ3) is 4.87. The minimum absolute atomic E-state index is 0.0476. The second kappa shape index (κ2) is 8.55. The van der Waals surface area contributed by atoms with E-state index in [-0.39, 0.29) is 36.2 Å². The minimum Gasteiger partial charge on any atom is -0.491 e. The van der Waals surface area contributed by atoms with Crippen molar-refractivity contribution < 1.29 is 19.1 Å². The standard InChI is InChI=1S/C21H28N2O4/c1-15(2)27-18-8-3-6-16(12-18)21(26)17-7-4-10-22(13-17)20(25)14-23-11-5-9-19(23)24/h3,6,8,12,15,17H,4-5,7,9-11,13-14H2,1-2H3. The molecule has 3 rings (SSSR count). The first-order valence-electron chi connectivity index (χ1n) is 9.80. The molecule has 27 heavy (non-hydrogen) atoms. The summed E-state index contributed by atoms with van der Waals surface area (Å²) < 4.78 is 5.68. The molecule has 2 heterocycles. The van der Waals surface area contributed by atoms with Gasteiger partial charge in [-0.15, -0.1) is 0 Å². The van der Waals surface area contributed by atoms with Crippen molar-refractivity contribution >= 4 is 17.6 Å². The highest BCUT2D eigenvalue weighted by Gasteiger charge is 2.31. The Labute approximate surface area is 160 Å². The van der Waals surface area contributed by atoms with Gasteiger partial charge in [0.1, 0.15) is 5.75 Å². The number of hydrogen-bond acceptors (Lipinski definition) is 4. The maximum absolute atomic E-state index is 12.9. The van der Waals surface area contributed by atoms with Gasteiger partial charge in [0.15, 0.2) is 5.78 Å². The molecule has 1 aromatic rings. The summed E-state index contributed by atoms with van der Waals surface area (Å²) in [5.74, 6) is 0.534. The Morgan fingerprint density at radius 1 is 1.22 bits per heavy atom.